The van der Waals surface area contributed by atoms with Crippen LogP contribution in [0.2, 0.25) is 0 Å². The Kier molecular flexibility index (Phi) is 5.60. The minimum atomic E-state index is -0.270. The molecule has 0 spiro atoms. The number of rotatable bonds is 5. The summed E-state index contributed by atoms with van der Waals surface area (Å²) in [5.41, 5.74) is 2.15. The maximum atomic E-state index is 13.3. The van der Waals surface area contributed by atoms with Gasteiger partial charge in [0.25, 0.3) is 5.91 Å². The van der Waals surface area contributed by atoms with E-state index in [1.54, 1.807) is 18.2 Å². The van der Waals surface area contributed by atoms with Gasteiger partial charge < -0.3 is 10.1 Å². The third-order valence-corrected chi connectivity index (χ3v) is 5.03. The molecule has 1 aliphatic rings. The number of hydrogen-bond donors (Lipinski definition) is 1. The van der Waals surface area contributed by atoms with Crippen LogP contribution in [0.25, 0.3) is 10.9 Å². The summed E-state index contributed by atoms with van der Waals surface area (Å²) in [6.07, 6.45) is 0. The van der Waals surface area contributed by atoms with Crippen LogP contribution in [0.1, 0.15) is 22.1 Å². The van der Waals surface area contributed by atoms with E-state index in [1.807, 2.05) is 30.3 Å². The van der Waals surface area contributed by atoms with E-state index in [0.717, 1.165) is 29.6 Å². The molecule has 0 aliphatic carbocycles. The first-order valence-corrected chi connectivity index (χ1v) is 9.42. The first-order valence-electron chi connectivity index (χ1n) is 9.42. The second-order valence-corrected chi connectivity index (χ2v) is 6.81. The molecule has 144 valence electrons. The molecular weight excluding hydrogens is 357 g/mol. The number of halogens is 1. The van der Waals surface area contributed by atoms with Crippen LogP contribution < -0.4 is 5.32 Å². The molecule has 5 nitrogen and oxygen atoms in total. The Morgan fingerprint density at radius 3 is 2.61 bits per heavy atom. The number of carbonyl (C=O) groups is 1. The minimum absolute atomic E-state index is 0.0473. The Morgan fingerprint density at radius 1 is 1.07 bits per heavy atom. The highest BCUT2D eigenvalue weighted by Gasteiger charge is 2.23. The maximum absolute atomic E-state index is 13.3. The van der Waals surface area contributed by atoms with Gasteiger partial charge in [0.05, 0.1) is 24.8 Å². The third-order valence-electron chi connectivity index (χ3n) is 5.03. The van der Waals surface area contributed by atoms with E-state index in [9.17, 15) is 9.18 Å². The maximum Gasteiger partial charge on any atom is 0.269 e. The molecule has 4 rings (SSSR count). The number of morpholine rings is 1. The van der Waals surface area contributed by atoms with Gasteiger partial charge in [0.2, 0.25) is 0 Å². The van der Waals surface area contributed by atoms with E-state index in [-0.39, 0.29) is 17.8 Å². The van der Waals surface area contributed by atoms with Crippen molar-refractivity contribution in [1.29, 1.82) is 0 Å². The zero-order valence-corrected chi connectivity index (χ0v) is 15.5. The van der Waals surface area contributed by atoms with Crippen LogP contribution in [0.4, 0.5) is 4.39 Å². The van der Waals surface area contributed by atoms with Crippen molar-refractivity contribution >= 4 is 16.8 Å². The monoisotopic (exact) mass is 379 g/mol. The number of pyridine rings is 1. The lowest BCUT2D eigenvalue weighted by atomic mass is 10.0. The Morgan fingerprint density at radius 2 is 1.82 bits per heavy atom. The second-order valence-electron chi connectivity index (χ2n) is 6.81. The van der Waals surface area contributed by atoms with Crippen molar-refractivity contribution in [3.05, 3.63) is 77.7 Å². The van der Waals surface area contributed by atoms with Gasteiger partial charge in [0.1, 0.15) is 11.5 Å². The number of ether oxygens (including phenoxy) is 1. The number of benzene rings is 2. The van der Waals surface area contributed by atoms with Crippen LogP contribution >= 0.6 is 0 Å². The highest BCUT2D eigenvalue weighted by atomic mass is 19.1. The number of para-hydroxylation sites is 1. The predicted octanol–water partition coefficient (Wildman–Crippen LogP) is 3.18. The Hall–Kier alpha value is -2.83. The fraction of sp³-hybridized carbons (Fsp3) is 0.273. The summed E-state index contributed by atoms with van der Waals surface area (Å²) < 4.78 is 18.8. The van der Waals surface area contributed by atoms with E-state index in [2.05, 4.69) is 15.2 Å². The number of aromatic nitrogens is 1. The molecule has 1 saturated heterocycles. The van der Waals surface area contributed by atoms with E-state index < -0.39 is 0 Å². The molecule has 1 N–H and O–H groups in total. The van der Waals surface area contributed by atoms with E-state index in [1.165, 1.54) is 12.1 Å². The summed E-state index contributed by atoms with van der Waals surface area (Å²) in [6.45, 7) is 3.26. The molecule has 0 unspecified atom stereocenters. The summed E-state index contributed by atoms with van der Waals surface area (Å²) in [5.74, 6) is -0.486. The van der Waals surface area contributed by atoms with Gasteiger partial charge in [0.15, 0.2) is 0 Å². The summed E-state index contributed by atoms with van der Waals surface area (Å²) in [7, 11) is 0. The lowest BCUT2D eigenvalue weighted by Gasteiger charge is -2.34. The molecule has 0 radical (unpaired) electrons. The molecular formula is C22H22FN3O2. The lowest BCUT2D eigenvalue weighted by Crippen LogP contribution is -2.43. The zero-order valence-electron chi connectivity index (χ0n) is 15.5. The Labute approximate surface area is 163 Å². The average Bonchev–Trinajstić information content (AvgIpc) is 2.75. The van der Waals surface area contributed by atoms with E-state index >= 15 is 0 Å². The van der Waals surface area contributed by atoms with Gasteiger partial charge in [0, 0.05) is 25.0 Å². The van der Waals surface area contributed by atoms with E-state index in [4.69, 9.17) is 4.74 Å². The zero-order chi connectivity index (χ0) is 19.3. The van der Waals surface area contributed by atoms with Crippen molar-refractivity contribution in [1.82, 2.24) is 15.2 Å². The SMILES string of the molecule is O=C(NC[C@H](c1ccc(F)cc1)N1CCOCC1)c1ccc2ccccc2n1. The van der Waals surface area contributed by atoms with Crippen molar-refractivity contribution in [2.75, 3.05) is 32.8 Å². The molecule has 1 amide bonds. The van der Waals surface area contributed by atoms with Gasteiger partial charge in [-0.2, -0.15) is 0 Å². The van der Waals surface area contributed by atoms with Crippen molar-refractivity contribution in [3.63, 3.8) is 0 Å². The van der Waals surface area contributed by atoms with Gasteiger partial charge in [-0.05, 0) is 29.8 Å². The van der Waals surface area contributed by atoms with Crippen molar-refractivity contribution < 1.29 is 13.9 Å². The fourth-order valence-corrected chi connectivity index (χ4v) is 3.50. The van der Waals surface area contributed by atoms with E-state index in [0.29, 0.717) is 25.5 Å². The van der Waals surface area contributed by atoms with Crippen LogP contribution in [0.5, 0.6) is 0 Å². The van der Waals surface area contributed by atoms with Gasteiger partial charge >= 0.3 is 0 Å². The summed E-state index contributed by atoms with van der Waals surface area (Å²) >= 11 is 0. The van der Waals surface area contributed by atoms with Crippen LogP contribution in [0.3, 0.4) is 0 Å². The molecule has 0 saturated carbocycles. The Bertz CT molecular complexity index is 955. The van der Waals surface area contributed by atoms with Crippen LogP contribution in [0, 0.1) is 5.82 Å². The quantitative estimate of drug-likeness (QED) is 0.740. The van der Waals surface area contributed by atoms with Crippen molar-refractivity contribution in [2.45, 2.75) is 6.04 Å². The Balaban J connectivity index is 1.50. The molecule has 0 bridgehead atoms. The van der Waals surface area contributed by atoms with Gasteiger partial charge in [-0.3, -0.25) is 9.69 Å². The normalized spacial score (nSPS) is 16.0. The number of carbonyl (C=O) groups excluding carboxylic acids is 1. The highest BCUT2D eigenvalue weighted by Crippen LogP contribution is 2.22. The van der Waals surface area contributed by atoms with Gasteiger partial charge in [-0.15, -0.1) is 0 Å². The van der Waals surface area contributed by atoms with Crippen LogP contribution in [0.15, 0.2) is 60.7 Å². The number of nitrogens with zero attached hydrogens (tertiary/aromatic N) is 2. The van der Waals surface area contributed by atoms with Crippen LogP contribution in [-0.4, -0.2) is 48.6 Å². The molecule has 3 aromatic rings. The number of nitrogens with one attached hydrogen (secondary N) is 1. The number of amides is 1. The third kappa shape index (κ3) is 4.18. The molecule has 2 heterocycles. The average molecular weight is 379 g/mol. The number of hydrogen-bond acceptors (Lipinski definition) is 4. The standard InChI is InChI=1S/C22H22FN3O2/c23-18-8-5-17(6-9-18)21(26-11-13-28-14-12-26)15-24-22(27)20-10-7-16-3-1-2-4-19(16)25-20/h1-10,21H,11-15H2,(H,24,27)/t21-/m1/s1. The predicted molar refractivity (Wildman–Crippen MR) is 106 cm³/mol. The summed E-state index contributed by atoms with van der Waals surface area (Å²) in [4.78, 5) is 19.4. The molecule has 1 atom stereocenters. The highest BCUT2D eigenvalue weighted by molar-refractivity contribution is 5.94. The van der Waals surface area contributed by atoms with Gasteiger partial charge in [-0.1, -0.05) is 36.4 Å². The topological polar surface area (TPSA) is 54.5 Å². The second kappa shape index (κ2) is 8.46. The first kappa shape index (κ1) is 18.5. The molecule has 6 heteroatoms. The molecule has 1 aliphatic heterocycles. The van der Waals surface area contributed by atoms with Crippen molar-refractivity contribution in [2.24, 2.45) is 0 Å². The van der Waals surface area contributed by atoms with Gasteiger partial charge in [-0.25, -0.2) is 9.37 Å². The smallest absolute Gasteiger partial charge is 0.269 e. The number of fused-ring (bicyclic) bond motifs is 1. The van der Waals surface area contributed by atoms with Crippen LogP contribution in [-0.2, 0) is 4.74 Å². The summed E-state index contributed by atoms with van der Waals surface area (Å²) in [6, 6.07) is 17.7. The lowest BCUT2D eigenvalue weighted by molar-refractivity contribution is 0.0162. The van der Waals surface area contributed by atoms with Crippen molar-refractivity contribution in [3.8, 4) is 0 Å². The molecule has 28 heavy (non-hydrogen) atoms. The fourth-order valence-electron chi connectivity index (χ4n) is 3.50. The minimum Gasteiger partial charge on any atom is -0.379 e. The largest absolute Gasteiger partial charge is 0.379 e. The summed E-state index contributed by atoms with van der Waals surface area (Å²) in [5, 5.41) is 3.99. The first-order chi connectivity index (χ1) is 13.7. The molecule has 1 aromatic heterocycles. The molecule has 2 aromatic carbocycles. The molecule has 1 fully saturated rings.